The van der Waals surface area contributed by atoms with E-state index in [2.05, 4.69) is 15.0 Å². The van der Waals surface area contributed by atoms with Gasteiger partial charge in [0.2, 0.25) is 10.0 Å². The minimum atomic E-state index is -3.53. The average Bonchev–Trinajstić information content (AvgIpc) is 3.12. The van der Waals surface area contributed by atoms with Crippen molar-refractivity contribution in [3.05, 3.63) is 29.8 Å². The van der Waals surface area contributed by atoms with Crippen molar-refractivity contribution in [2.75, 3.05) is 26.9 Å². The smallest absolute Gasteiger partial charge is 0.240 e. The monoisotopic (exact) mass is 512 g/mol. The second-order valence-electron chi connectivity index (χ2n) is 6.33. The van der Waals surface area contributed by atoms with Crippen molar-refractivity contribution in [1.29, 1.82) is 0 Å². The molecule has 0 bridgehead atoms. The van der Waals surface area contributed by atoms with E-state index < -0.39 is 10.0 Å². The third kappa shape index (κ3) is 8.30. The maximum absolute atomic E-state index is 12.3. The van der Waals surface area contributed by atoms with E-state index in [4.69, 9.17) is 15.2 Å². The summed E-state index contributed by atoms with van der Waals surface area (Å²) in [5.74, 6) is 0.324. The summed E-state index contributed by atoms with van der Waals surface area (Å²) in [6.45, 7) is 3.83. The van der Waals surface area contributed by atoms with Crippen molar-refractivity contribution >= 4 is 40.0 Å². The van der Waals surface area contributed by atoms with Crippen LogP contribution in [0.3, 0.4) is 0 Å². The molecule has 0 saturated carbocycles. The van der Waals surface area contributed by atoms with Crippen LogP contribution in [0, 0.1) is 0 Å². The molecule has 1 saturated heterocycles. The molecule has 10 heteroatoms. The van der Waals surface area contributed by atoms with Crippen molar-refractivity contribution < 1.29 is 17.9 Å². The normalized spacial score (nSPS) is 18.7. The summed E-state index contributed by atoms with van der Waals surface area (Å²) in [6.07, 6.45) is 1.83. The van der Waals surface area contributed by atoms with Crippen LogP contribution in [0.15, 0.2) is 34.2 Å². The zero-order chi connectivity index (χ0) is 19.0. The van der Waals surface area contributed by atoms with Gasteiger partial charge in [-0.05, 0) is 37.5 Å². The molecule has 1 fully saturated rings. The highest BCUT2D eigenvalue weighted by Crippen LogP contribution is 2.14. The van der Waals surface area contributed by atoms with E-state index in [9.17, 15) is 8.42 Å². The number of nitrogens with one attached hydrogen (secondary N) is 2. The first-order valence-corrected chi connectivity index (χ1v) is 10.1. The Kier molecular flexibility index (Phi) is 10.5. The molecular weight excluding hydrogens is 483 g/mol. The second kappa shape index (κ2) is 11.8. The molecule has 0 spiro atoms. The van der Waals surface area contributed by atoms with Gasteiger partial charge >= 0.3 is 0 Å². The SMILES string of the molecule is COCC(C)NC(N)=NCc1ccc(S(=O)(=O)NCC2CCCO2)cc1.I. The van der Waals surface area contributed by atoms with Crippen LogP contribution in [0.25, 0.3) is 0 Å². The number of guanidine groups is 1. The van der Waals surface area contributed by atoms with Crippen LogP contribution in [0.2, 0.25) is 0 Å². The van der Waals surface area contributed by atoms with Crippen molar-refractivity contribution in [3.8, 4) is 0 Å². The van der Waals surface area contributed by atoms with Crippen molar-refractivity contribution in [1.82, 2.24) is 10.0 Å². The molecule has 1 aliphatic heterocycles. The van der Waals surface area contributed by atoms with Gasteiger partial charge in [-0.3, -0.25) is 0 Å². The van der Waals surface area contributed by atoms with Crippen LogP contribution in [0.5, 0.6) is 0 Å². The van der Waals surface area contributed by atoms with E-state index in [0.717, 1.165) is 18.4 Å². The average molecular weight is 512 g/mol. The number of hydrogen-bond acceptors (Lipinski definition) is 5. The number of hydrogen-bond donors (Lipinski definition) is 3. The van der Waals surface area contributed by atoms with Gasteiger partial charge in [-0.2, -0.15) is 0 Å². The van der Waals surface area contributed by atoms with E-state index >= 15 is 0 Å². The van der Waals surface area contributed by atoms with Crippen molar-refractivity contribution in [2.45, 2.75) is 43.4 Å². The Bertz CT molecular complexity index is 691. The van der Waals surface area contributed by atoms with Crippen LogP contribution in [0.1, 0.15) is 25.3 Å². The molecule has 0 radical (unpaired) electrons. The number of nitrogens with zero attached hydrogens (tertiary/aromatic N) is 1. The summed E-state index contributed by atoms with van der Waals surface area (Å²) in [5, 5.41) is 3.02. The molecule has 2 rings (SSSR count). The lowest BCUT2D eigenvalue weighted by molar-refractivity contribution is 0.114. The van der Waals surface area contributed by atoms with Gasteiger partial charge in [0.25, 0.3) is 0 Å². The molecule has 2 unspecified atom stereocenters. The number of halogens is 1. The second-order valence-corrected chi connectivity index (χ2v) is 8.10. The van der Waals surface area contributed by atoms with E-state index in [1.807, 2.05) is 6.92 Å². The maximum Gasteiger partial charge on any atom is 0.240 e. The lowest BCUT2D eigenvalue weighted by Crippen LogP contribution is -2.40. The maximum atomic E-state index is 12.3. The Balaban J connectivity index is 0.00000364. The third-order valence-electron chi connectivity index (χ3n) is 4.00. The molecule has 0 aromatic heterocycles. The first-order chi connectivity index (χ1) is 12.4. The first-order valence-electron chi connectivity index (χ1n) is 8.66. The molecule has 1 aromatic carbocycles. The van der Waals surface area contributed by atoms with Gasteiger partial charge < -0.3 is 20.5 Å². The number of methoxy groups -OCH3 is 1. The predicted molar refractivity (Wildman–Crippen MR) is 116 cm³/mol. The number of benzene rings is 1. The van der Waals surface area contributed by atoms with Gasteiger partial charge in [0.15, 0.2) is 5.96 Å². The largest absolute Gasteiger partial charge is 0.383 e. The fourth-order valence-corrected chi connectivity index (χ4v) is 3.70. The summed E-state index contributed by atoms with van der Waals surface area (Å²) < 4.78 is 37.7. The molecule has 27 heavy (non-hydrogen) atoms. The van der Waals surface area contributed by atoms with Crippen LogP contribution in [-0.2, 0) is 26.0 Å². The highest BCUT2D eigenvalue weighted by molar-refractivity contribution is 14.0. The summed E-state index contributed by atoms with van der Waals surface area (Å²) >= 11 is 0. The van der Waals surface area contributed by atoms with Crippen molar-refractivity contribution in [3.63, 3.8) is 0 Å². The summed E-state index contributed by atoms with van der Waals surface area (Å²) in [7, 11) is -1.91. The quantitative estimate of drug-likeness (QED) is 0.260. The molecular formula is C17H29IN4O4S. The molecule has 2 atom stereocenters. The lowest BCUT2D eigenvalue weighted by atomic mass is 10.2. The lowest BCUT2D eigenvalue weighted by Gasteiger charge is -2.13. The van der Waals surface area contributed by atoms with Crippen LogP contribution < -0.4 is 15.8 Å². The predicted octanol–water partition coefficient (Wildman–Crippen LogP) is 1.20. The van der Waals surface area contributed by atoms with Crippen LogP contribution in [0.4, 0.5) is 0 Å². The molecule has 0 amide bonds. The van der Waals surface area contributed by atoms with Gasteiger partial charge in [0.1, 0.15) is 0 Å². The third-order valence-corrected chi connectivity index (χ3v) is 5.44. The van der Waals surface area contributed by atoms with Gasteiger partial charge in [-0.15, -0.1) is 24.0 Å². The van der Waals surface area contributed by atoms with E-state index in [-0.39, 0.29) is 41.0 Å². The number of rotatable bonds is 9. The zero-order valence-corrected chi connectivity index (χ0v) is 18.8. The Labute approximate surface area is 178 Å². The number of aliphatic imine (C=N–C) groups is 1. The molecule has 154 valence electrons. The van der Waals surface area contributed by atoms with Gasteiger partial charge in [-0.1, -0.05) is 12.1 Å². The Morgan fingerprint density at radius 3 is 2.70 bits per heavy atom. The topological polar surface area (TPSA) is 115 Å². The van der Waals surface area contributed by atoms with E-state index in [1.165, 1.54) is 0 Å². The zero-order valence-electron chi connectivity index (χ0n) is 15.7. The number of sulfonamides is 1. The fraction of sp³-hybridized carbons (Fsp3) is 0.588. The molecule has 1 aliphatic rings. The van der Waals surface area contributed by atoms with Gasteiger partial charge in [0, 0.05) is 26.3 Å². The van der Waals surface area contributed by atoms with Crippen LogP contribution >= 0.6 is 24.0 Å². The summed E-state index contributed by atoms with van der Waals surface area (Å²) in [4.78, 5) is 4.47. The Morgan fingerprint density at radius 1 is 1.41 bits per heavy atom. The molecule has 4 N–H and O–H groups in total. The minimum Gasteiger partial charge on any atom is -0.383 e. The highest BCUT2D eigenvalue weighted by atomic mass is 127. The number of nitrogens with two attached hydrogens (primary N) is 1. The van der Waals surface area contributed by atoms with E-state index in [0.29, 0.717) is 32.3 Å². The Morgan fingerprint density at radius 2 is 2.11 bits per heavy atom. The van der Waals surface area contributed by atoms with Gasteiger partial charge in [-0.25, -0.2) is 18.1 Å². The highest BCUT2D eigenvalue weighted by Gasteiger charge is 2.20. The molecule has 8 nitrogen and oxygen atoms in total. The summed E-state index contributed by atoms with van der Waals surface area (Å²) in [5.41, 5.74) is 6.68. The van der Waals surface area contributed by atoms with Crippen LogP contribution in [-0.4, -0.2) is 53.4 Å². The summed E-state index contributed by atoms with van der Waals surface area (Å²) in [6, 6.07) is 6.66. The molecule has 1 aromatic rings. The minimum absolute atomic E-state index is 0. The molecule has 1 heterocycles. The van der Waals surface area contributed by atoms with Gasteiger partial charge in [0.05, 0.1) is 24.2 Å². The standard InChI is InChI=1S/C17H28N4O4S.HI/c1-13(12-24-2)21-17(18)19-10-14-5-7-16(8-6-14)26(22,23)20-11-15-4-3-9-25-15;/h5-8,13,15,20H,3-4,9-12H2,1-2H3,(H3,18,19,21);1H. The Hall–Kier alpha value is -0.950. The first kappa shape index (κ1) is 24.1. The van der Waals surface area contributed by atoms with Crippen molar-refractivity contribution in [2.24, 2.45) is 10.7 Å². The van der Waals surface area contributed by atoms with E-state index in [1.54, 1.807) is 31.4 Å². The number of ether oxygens (including phenoxy) is 2. The molecule has 0 aliphatic carbocycles. The fourth-order valence-electron chi connectivity index (χ4n) is 2.63.